The van der Waals surface area contributed by atoms with E-state index in [-0.39, 0.29) is 22.3 Å². The molecule has 2 atom stereocenters. The molecular formula is C33H29NO8. The smallest absolute Gasteiger partial charge is 0.334 e. The first-order valence-corrected chi connectivity index (χ1v) is 13.1. The van der Waals surface area contributed by atoms with Gasteiger partial charge in [-0.05, 0) is 38.1 Å². The molecule has 0 aromatic heterocycles. The molecule has 0 fully saturated rings. The Bertz CT molecular complexity index is 1610. The van der Waals surface area contributed by atoms with Gasteiger partial charge in [-0.25, -0.2) is 9.59 Å². The fourth-order valence-electron chi connectivity index (χ4n) is 6.05. The maximum atomic E-state index is 14.4. The molecule has 0 radical (unpaired) electrons. The second-order valence-corrected chi connectivity index (χ2v) is 10.4. The highest BCUT2D eigenvalue weighted by atomic mass is 16.6. The number of carbonyl (C=O) groups excluding carboxylic acids is 3. The molecule has 0 aliphatic heterocycles. The lowest BCUT2D eigenvalue weighted by atomic mass is 9.49. The molecule has 3 aromatic carbocycles. The first-order valence-electron chi connectivity index (χ1n) is 13.1. The molecule has 3 aromatic rings. The summed E-state index contributed by atoms with van der Waals surface area (Å²) in [6.45, 7) is 10.3. The number of carbonyl (C=O) groups is 4. The predicted octanol–water partition coefficient (Wildman–Crippen LogP) is 4.70. The molecule has 9 nitrogen and oxygen atoms in total. The van der Waals surface area contributed by atoms with Crippen molar-refractivity contribution in [1.82, 2.24) is 0 Å². The molecule has 2 unspecified atom stereocenters. The Kier molecular flexibility index (Phi) is 6.98. The molecular weight excluding hydrogens is 538 g/mol. The van der Waals surface area contributed by atoms with Crippen molar-refractivity contribution in [3.8, 4) is 5.75 Å². The summed E-state index contributed by atoms with van der Waals surface area (Å²) in [7, 11) is 1.50. The van der Waals surface area contributed by atoms with E-state index in [1.165, 1.54) is 21.0 Å². The number of hydrogen-bond donors (Lipinski definition) is 2. The van der Waals surface area contributed by atoms with Gasteiger partial charge in [0.2, 0.25) is 5.91 Å². The lowest BCUT2D eigenvalue weighted by molar-refractivity contribution is -0.200. The number of benzene rings is 3. The Morgan fingerprint density at radius 1 is 0.714 bits per heavy atom. The summed E-state index contributed by atoms with van der Waals surface area (Å²) in [5.41, 5.74) is -2.23. The molecule has 3 aliphatic rings. The predicted molar refractivity (Wildman–Crippen MR) is 152 cm³/mol. The number of hydrogen-bond acceptors (Lipinski definition) is 7. The number of nitrogens with one attached hydrogen (secondary N) is 1. The van der Waals surface area contributed by atoms with Crippen molar-refractivity contribution >= 4 is 29.5 Å². The monoisotopic (exact) mass is 567 g/mol. The minimum atomic E-state index is -1.96. The Morgan fingerprint density at radius 2 is 1.12 bits per heavy atom. The highest BCUT2D eigenvalue weighted by Gasteiger charge is 2.73. The molecule has 0 saturated heterocycles. The van der Waals surface area contributed by atoms with E-state index >= 15 is 0 Å². The molecule has 0 saturated carbocycles. The summed E-state index contributed by atoms with van der Waals surface area (Å²) in [6.07, 6.45) is 0. The van der Waals surface area contributed by atoms with Crippen LogP contribution < -0.4 is 10.1 Å². The molecule has 42 heavy (non-hydrogen) atoms. The zero-order chi connectivity index (χ0) is 30.4. The van der Waals surface area contributed by atoms with Crippen LogP contribution in [0, 0.1) is 11.8 Å². The zero-order valence-corrected chi connectivity index (χ0v) is 23.3. The quantitative estimate of drug-likeness (QED) is 0.296. The van der Waals surface area contributed by atoms with E-state index in [9.17, 15) is 24.3 Å². The van der Waals surface area contributed by atoms with Crippen LogP contribution in [0.15, 0.2) is 97.1 Å². The van der Waals surface area contributed by atoms with Crippen molar-refractivity contribution in [2.75, 3.05) is 12.4 Å². The van der Waals surface area contributed by atoms with Crippen LogP contribution in [0.4, 0.5) is 5.69 Å². The van der Waals surface area contributed by atoms with Crippen molar-refractivity contribution in [3.05, 3.63) is 119 Å². The molecule has 2 N–H and O–H groups in total. The van der Waals surface area contributed by atoms with E-state index in [2.05, 4.69) is 18.5 Å². The molecule has 6 rings (SSSR count). The third-order valence-corrected chi connectivity index (χ3v) is 7.77. The first kappa shape index (κ1) is 28.4. The zero-order valence-electron chi connectivity index (χ0n) is 23.3. The fourth-order valence-corrected chi connectivity index (χ4v) is 6.05. The maximum absolute atomic E-state index is 14.4. The molecule has 3 aliphatic carbocycles. The Hall–Kier alpha value is -5.18. The van der Waals surface area contributed by atoms with Crippen LogP contribution in [0.1, 0.15) is 36.1 Å². The van der Waals surface area contributed by atoms with Crippen molar-refractivity contribution in [2.45, 2.75) is 25.0 Å². The maximum Gasteiger partial charge on any atom is 0.334 e. The standard InChI is InChI=1S/C33H29NO8/c1-18(2)30(38)41-32-22-10-6-8-12-24(22)33(42-31(39)19(3)4,25-13-9-7-11-23(25)32)27(29(36)37)26(32)28(35)34-20-14-16-21(40-5)17-15-20/h6-17,26-27H,1,3H2,2,4-5H3,(H,34,35)(H,36,37). The number of methoxy groups -OCH3 is 1. The number of aliphatic carboxylic acids is 1. The Labute approximate surface area is 242 Å². The largest absolute Gasteiger partial charge is 0.497 e. The Balaban J connectivity index is 1.86. The number of fused-ring (bicyclic) bond motifs is 1. The van der Waals surface area contributed by atoms with Gasteiger partial charge in [0.25, 0.3) is 0 Å². The second kappa shape index (κ2) is 10.3. The SMILES string of the molecule is C=C(C)C(=O)OC12c3ccccc3C(OC(=O)C(=C)C)(c3ccccc31)C(C(=O)Nc1ccc(OC)cc1)C2C(=O)O. The fraction of sp³-hybridized carbons (Fsp3) is 0.212. The number of carboxylic acid groups (broad SMARTS) is 1. The summed E-state index contributed by atoms with van der Waals surface area (Å²) < 4.78 is 17.6. The lowest BCUT2D eigenvalue weighted by Gasteiger charge is -2.59. The highest BCUT2D eigenvalue weighted by Crippen LogP contribution is 2.65. The Morgan fingerprint density at radius 3 is 1.48 bits per heavy atom. The van der Waals surface area contributed by atoms with Crippen LogP contribution in [-0.2, 0) is 39.9 Å². The van der Waals surface area contributed by atoms with Gasteiger partial charge in [-0.1, -0.05) is 61.7 Å². The van der Waals surface area contributed by atoms with Crippen LogP contribution in [-0.4, -0.2) is 36.0 Å². The number of carboxylic acids is 1. The summed E-state index contributed by atoms with van der Waals surface area (Å²) in [6, 6.07) is 19.7. The number of rotatable bonds is 8. The van der Waals surface area contributed by atoms with Crippen LogP contribution in [0.5, 0.6) is 5.75 Å². The van der Waals surface area contributed by atoms with Crippen molar-refractivity contribution in [2.24, 2.45) is 11.8 Å². The summed E-state index contributed by atoms with van der Waals surface area (Å²) in [5.74, 6) is -6.62. The van der Waals surface area contributed by atoms with E-state index < -0.39 is 46.9 Å². The highest BCUT2D eigenvalue weighted by molar-refractivity contribution is 6.00. The molecule has 0 spiro atoms. The molecule has 2 bridgehead atoms. The van der Waals surface area contributed by atoms with Crippen LogP contribution in [0.25, 0.3) is 0 Å². The van der Waals surface area contributed by atoms with E-state index in [0.29, 0.717) is 22.6 Å². The topological polar surface area (TPSA) is 128 Å². The van der Waals surface area contributed by atoms with Gasteiger partial charge in [0.05, 0.1) is 7.11 Å². The minimum absolute atomic E-state index is 0.0406. The van der Waals surface area contributed by atoms with Gasteiger partial charge in [0, 0.05) is 39.1 Å². The number of anilines is 1. The normalized spacial score (nSPS) is 23.0. The van der Waals surface area contributed by atoms with Crippen molar-refractivity contribution < 1.29 is 38.5 Å². The third-order valence-electron chi connectivity index (χ3n) is 7.77. The molecule has 9 heteroatoms. The van der Waals surface area contributed by atoms with E-state index in [1.807, 2.05) is 0 Å². The molecule has 214 valence electrons. The van der Waals surface area contributed by atoms with Gasteiger partial charge in [0.15, 0.2) is 11.2 Å². The van der Waals surface area contributed by atoms with Gasteiger partial charge < -0.3 is 24.6 Å². The van der Waals surface area contributed by atoms with Gasteiger partial charge in [-0.2, -0.15) is 0 Å². The molecule has 1 amide bonds. The number of amides is 1. The van der Waals surface area contributed by atoms with E-state index in [4.69, 9.17) is 14.2 Å². The molecule has 0 heterocycles. The average molecular weight is 568 g/mol. The second-order valence-electron chi connectivity index (χ2n) is 10.4. The minimum Gasteiger partial charge on any atom is -0.497 e. The van der Waals surface area contributed by atoms with Crippen LogP contribution in [0.2, 0.25) is 0 Å². The van der Waals surface area contributed by atoms with Gasteiger partial charge in [0.1, 0.15) is 17.6 Å². The van der Waals surface area contributed by atoms with E-state index in [0.717, 1.165) is 0 Å². The summed E-state index contributed by atoms with van der Waals surface area (Å²) in [5, 5.41) is 13.7. The van der Waals surface area contributed by atoms with Gasteiger partial charge in [-0.3, -0.25) is 9.59 Å². The first-order chi connectivity index (χ1) is 20.0. The lowest BCUT2D eigenvalue weighted by Crippen LogP contribution is -2.67. The van der Waals surface area contributed by atoms with Crippen molar-refractivity contribution in [1.29, 1.82) is 0 Å². The summed E-state index contributed by atoms with van der Waals surface area (Å²) in [4.78, 5) is 54.3. The number of esters is 2. The van der Waals surface area contributed by atoms with E-state index in [1.54, 1.807) is 72.8 Å². The van der Waals surface area contributed by atoms with Crippen LogP contribution in [0.3, 0.4) is 0 Å². The van der Waals surface area contributed by atoms with Gasteiger partial charge >= 0.3 is 17.9 Å². The van der Waals surface area contributed by atoms with Crippen molar-refractivity contribution in [3.63, 3.8) is 0 Å². The van der Waals surface area contributed by atoms with Gasteiger partial charge in [-0.15, -0.1) is 0 Å². The number of ether oxygens (including phenoxy) is 3. The summed E-state index contributed by atoms with van der Waals surface area (Å²) >= 11 is 0. The average Bonchev–Trinajstić information content (AvgIpc) is 2.97. The van der Waals surface area contributed by atoms with Crippen LogP contribution >= 0.6 is 0 Å². The third kappa shape index (κ3) is 4.08.